The van der Waals surface area contributed by atoms with Gasteiger partial charge in [0.2, 0.25) is 0 Å². The van der Waals surface area contributed by atoms with Gasteiger partial charge in [0.25, 0.3) is 0 Å². The van der Waals surface area contributed by atoms with Gasteiger partial charge < -0.3 is 20.3 Å². The lowest BCUT2D eigenvalue weighted by molar-refractivity contribution is -0.203. The average molecular weight is 510 g/mol. The summed E-state index contributed by atoms with van der Waals surface area (Å²) in [7, 11) is 0. The van der Waals surface area contributed by atoms with Gasteiger partial charge in [-0.15, -0.1) is 0 Å². The van der Waals surface area contributed by atoms with Gasteiger partial charge in [-0.3, -0.25) is 0 Å². The van der Waals surface area contributed by atoms with E-state index in [0.29, 0.717) is 54.6 Å². The zero-order valence-corrected chi connectivity index (χ0v) is 23.6. The minimum absolute atomic E-state index is 0.189. The maximum absolute atomic E-state index is 11.9. The van der Waals surface area contributed by atoms with Crippen molar-refractivity contribution in [1.82, 2.24) is 5.32 Å². The Kier molecular flexibility index (Phi) is 8.75. The van der Waals surface area contributed by atoms with Crippen LogP contribution < -0.4 is 5.32 Å². The third-order valence-corrected chi connectivity index (χ3v) is 12.1. The van der Waals surface area contributed by atoms with E-state index < -0.39 is 0 Å². The highest BCUT2D eigenvalue weighted by atomic mass is 32.2. The molecule has 2 unspecified atom stereocenters. The smallest absolute Gasteiger partial charge is 0.407 e. The number of carbonyl (C=O) groups excluding carboxylic acids is 1. The van der Waals surface area contributed by atoms with Crippen LogP contribution in [0, 0.1) is 52.3 Å². The van der Waals surface area contributed by atoms with Crippen LogP contribution in [0.1, 0.15) is 85.5 Å². The lowest BCUT2D eigenvalue weighted by Crippen LogP contribution is -2.62. The number of hydrogen-bond acceptors (Lipinski definition) is 5. The second kappa shape index (κ2) is 11.1. The van der Waals surface area contributed by atoms with Crippen molar-refractivity contribution in [3.05, 3.63) is 0 Å². The molecule has 5 nitrogen and oxygen atoms in total. The summed E-state index contributed by atoms with van der Waals surface area (Å²) in [5.41, 5.74) is 0.518. The monoisotopic (exact) mass is 509 g/mol. The van der Waals surface area contributed by atoms with Gasteiger partial charge in [0.1, 0.15) is 0 Å². The van der Waals surface area contributed by atoms with Gasteiger partial charge in [-0.1, -0.05) is 34.1 Å². The van der Waals surface area contributed by atoms with Gasteiger partial charge in [-0.2, -0.15) is 11.8 Å². The van der Waals surface area contributed by atoms with Crippen LogP contribution in [0.15, 0.2) is 0 Å². The molecule has 4 aliphatic rings. The molecule has 0 radical (unpaired) electrons. The van der Waals surface area contributed by atoms with E-state index in [1.54, 1.807) is 11.8 Å². The Hall–Kier alpha value is -0.460. The molecular formula is C29H51NO4S. The van der Waals surface area contributed by atoms with Gasteiger partial charge >= 0.3 is 6.09 Å². The number of thioether (sulfide) groups is 1. The van der Waals surface area contributed by atoms with Crippen LogP contribution >= 0.6 is 11.8 Å². The molecule has 4 aliphatic carbocycles. The molecule has 4 rings (SSSR count). The third-order valence-electron chi connectivity index (χ3n) is 11.5. The summed E-state index contributed by atoms with van der Waals surface area (Å²) in [5, 5.41) is 25.1. The summed E-state index contributed by atoms with van der Waals surface area (Å²) in [6.45, 7) is 10.8. The Balaban J connectivity index is 1.43. The first kappa shape index (κ1) is 27.6. The molecule has 0 aromatic carbocycles. The van der Waals surface area contributed by atoms with E-state index in [1.807, 2.05) is 6.26 Å². The van der Waals surface area contributed by atoms with E-state index in [9.17, 15) is 15.0 Å². The Labute approximate surface area is 217 Å². The second-order valence-corrected chi connectivity index (χ2v) is 13.9. The lowest BCUT2D eigenvalue weighted by Gasteiger charge is -2.64. The number of aliphatic hydroxyl groups excluding tert-OH is 2. The van der Waals surface area contributed by atoms with Crippen LogP contribution in [0.25, 0.3) is 0 Å². The first-order valence-corrected chi connectivity index (χ1v) is 15.8. The summed E-state index contributed by atoms with van der Waals surface area (Å²) in [6.07, 6.45) is 11.1. The molecule has 6 heteroatoms. The van der Waals surface area contributed by atoms with Crippen LogP contribution in [0.3, 0.4) is 0 Å². The molecule has 0 spiro atoms. The number of nitrogens with one attached hydrogen (secondary N) is 1. The molecule has 35 heavy (non-hydrogen) atoms. The summed E-state index contributed by atoms with van der Waals surface area (Å²) in [5.74, 6) is 4.36. The predicted octanol–water partition coefficient (Wildman–Crippen LogP) is 5.73. The Morgan fingerprint density at radius 1 is 1.09 bits per heavy atom. The van der Waals surface area contributed by atoms with E-state index in [0.717, 1.165) is 37.9 Å². The molecule has 3 N–H and O–H groups in total. The largest absolute Gasteiger partial charge is 0.450 e. The third kappa shape index (κ3) is 5.02. The fourth-order valence-electron chi connectivity index (χ4n) is 9.78. The highest BCUT2D eigenvalue weighted by Gasteiger charge is 2.64. The van der Waals surface area contributed by atoms with E-state index in [-0.39, 0.29) is 29.1 Å². The number of ether oxygens (including phenoxy) is 1. The molecular weight excluding hydrogens is 458 g/mol. The fraction of sp³-hybridized carbons (Fsp3) is 0.966. The van der Waals surface area contributed by atoms with Gasteiger partial charge in [-0.25, -0.2) is 4.79 Å². The van der Waals surface area contributed by atoms with Crippen molar-refractivity contribution in [2.45, 2.75) is 97.7 Å². The standard InChI is InChI=1S/C29H51NO4S/c1-6-20-24-17-19(31)9-12-29(24,4)23-10-13-28(3)21(7-8-22(28)25(23)26(20)32)18(2)11-15-34-27(33)30-14-16-35-5/h18-26,31-32H,6-17H2,1-5H3,(H,30,33)/t18-,19-,20-,21-,22+,23+,24+,25?,26-,28?,29-/m1/s1. The average Bonchev–Trinajstić information content (AvgIpc) is 3.18. The molecule has 1 amide bonds. The second-order valence-electron chi connectivity index (χ2n) is 12.9. The van der Waals surface area contributed by atoms with E-state index in [4.69, 9.17) is 4.74 Å². The van der Waals surface area contributed by atoms with Crippen LogP contribution in [0.2, 0.25) is 0 Å². The molecule has 0 heterocycles. The summed E-state index contributed by atoms with van der Waals surface area (Å²) < 4.78 is 5.48. The minimum Gasteiger partial charge on any atom is -0.450 e. The number of carbonyl (C=O) groups is 1. The van der Waals surface area contributed by atoms with Crippen LogP contribution in [0.4, 0.5) is 4.79 Å². The van der Waals surface area contributed by atoms with E-state index in [1.165, 1.54) is 25.7 Å². The van der Waals surface area contributed by atoms with Crippen molar-refractivity contribution >= 4 is 17.9 Å². The first-order chi connectivity index (χ1) is 16.7. The van der Waals surface area contributed by atoms with Gasteiger partial charge in [-0.05, 0) is 110 Å². The number of alkyl carbamates (subject to hydrolysis) is 1. The van der Waals surface area contributed by atoms with Crippen molar-refractivity contribution < 1.29 is 19.7 Å². The molecule has 0 aromatic heterocycles. The van der Waals surface area contributed by atoms with E-state index in [2.05, 4.69) is 33.0 Å². The molecule has 0 saturated heterocycles. The van der Waals surface area contributed by atoms with Crippen LogP contribution in [-0.2, 0) is 4.74 Å². The molecule has 202 valence electrons. The molecule has 0 bridgehead atoms. The maximum Gasteiger partial charge on any atom is 0.407 e. The summed E-state index contributed by atoms with van der Waals surface area (Å²) in [4.78, 5) is 11.9. The molecule has 0 aliphatic heterocycles. The Morgan fingerprint density at radius 3 is 2.51 bits per heavy atom. The lowest BCUT2D eigenvalue weighted by atomic mass is 9.41. The van der Waals surface area contributed by atoms with Crippen LogP contribution in [-0.4, -0.2) is 53.7 Å². The molecule has 11 atom stereocenters. The normalized spacial score (nSPS) is 45.7. The van der Waals surface area contributed by atoms with Crippen molar-refractivity contribution in [2.75, 3.05) is 25.2 Å². The first-order valence-electron chi connectivity index (χ1n) is 14.4. The summed E-state index contributed by atoms with van der Waals surface area (Å²) >= 11 is 1.72. The number of rotatable bonds is 8. The number of fused-ring (bicyclic) bond motifs is 5. The zero-order chi connectivity index (χ0) is 25.4. The quantitative estimate of drug-likeness (QED) is 0.364. The van der Waals surface area contributed by atoms with Crippen molar-refractivity contribution in [3.8, 4) is 0 Å². The number of aliphatic hydroxyl groups is 2. The molecule has 4 fully saturated rings. The molecule has 0 aromatic rings. The van der Waals surface area contributed by atoms with Gasteiger partial charge in [0.15, 0.2) is 0 Å². The highest BCUT2D eigenvalue weighted by Crippen LogP contribution is 2.69. The number of amides is 1. The topological polar surface area (TPSA) is 78.8 Å². The minimum atomic E-state index is -0.293. The Bertz CT molecular complexity index is 735. The van der Waals surface area contributed by atoms with Crippen LogP contribution in [0.5, 0.6) is 0 Å². The fourth-order valence-corrected chi connectivity index (χ4v) is 10.1. The number of hydrogen-bond donors (Lipinski definition) is 3. The predicted molar refractivity (Wildman–Crippen MR) is 143 cm³/mol. The van der Waals surface area contributed by atoms with E-state index >= 15 is 0 Å². The Morgan fingerprint density at radius 2 is 1.80 bits per heavy atom. The summed E-state index contributed by atoms with van der Waals surface area (Å²) in [6, 6.07) is 0. The van der Waals surface area contributed by atoms with Crippen molar-refractivity contribution in [1.29, 1.82) is 0 Å². The highest BCUT2D eigenvalue weighted by molar-refractivity contribution is 7.98. The zero-order valence-electron chi connectivity index (χ0n) is 22.8. The van der Waals surface area contributed by atoms with Gasteiger partial charge in [0.05, 0.1) is 18.8 Å². The van der Waals surface area contributed by atoms with Crippen molar-refractivity contribution in [3.63, 3.8) is 0 Å². The molecule has 4 saturated carbocycles. The van der Waals surface area contributed by atoms with Gasteiger partial charge in [0, 0.05) is 12.3 Å². The maximum atomic E-state index is 11.9. The van der Waals surface area contributed by atoms with Crippen molar-refractivity contribution in [2.24, 2.45) is 52.3 Å². The SMILES string of the molecule is CC[C@H]1[C@@H](O)C2[C@@H]3CC[C@H]([C@H](C)CCOC(=O)NCCSC)C3(C)CC[C@@H]2[C@@]2(C)CC[C@@H](O)C[C@@H]12.